The van der Waals surface area contributed by atoms with E-state index in [9.17, 15) is 0 Å². The maximum atomic E-state index is 6.28. The number of hydrogen-bond donors (Lipinski definition) is 1. The fourth-order valence-electron chi connectivity index (χ4n) is 2.81. The largest absolute Gasteiger partial charge is 0.489 e. The minimum Gasteiger partial charge on any atom is -0.489 e. The molecule has 1 aliphatic rings. The third-order valence-electron chi connectivity index (χ3n) is 4.39. The van der Waals surface area contributed by atoms with Crippen LogP contribution in [0.25, 0.3) is 0 Å². The molecule has 0 amide bonds. The van der Waals surface area contributed by atoms with Crippen LogP contribution in [0, 0.1) is 5.41 Å². The van der Waals surface area contributed by atoms with Crippen LogP contribution in [0.15, 0.2) is 22.7 Å². The molecule has 106 valence electrons. The number of hydrogen-bond acceptors (Lipinski definition) is 2. The second kappa shape index (κ2) is 5.45. The molecule has 1 aromatic rings. The highest BCUT2D eigenvalue weighted by Gasteiger charge is 2.49. The van der Waals surface area contributed by atoms with E-state index in [1.165, 1.54) is 5.56 Å². The van der Waals surface area contributed by atoms with Crippen LogP contribution in [-0.4, -0.2) is 19.2 Å². The van der Waals surface area contributed by atoms with Gasteiger partial charge in [-0.25, -0.2) is 0 Å². The van der Waals surface area contributed by atoms with Gasteiger partial charge in [0.05, 0.1) is 0 Å². The summed E-state index contributed by atoms with van der Waals surface area (Å²) in [4.78, 5) is 0. The first-order valence-corrected chi connectivity index (χ1v) is 7.79. The summed E-state index contributed by atoms with van der Waals surface area (Å²) >= 11 is 3.54. The van der Waals surface area contributed by atoms with Crippen molar-refractivity contribution >= 4 is 15.9 Å². The monoisotopic (exact) mass is 325 g/mol. The topological polar surface area (TPSA) is 21.3 Å². The minimum absolute atomic E-state index is 0.191. The quantitative estimate of drug-likeness (QED) is 0.889. The van der Waals surface area contributed by atoms with E-state index in [1.807, 2.05) is 7.05 Å². The predicted octanol–water partition coefficient (Wildman–Crippen LogP) is 4.34. The molecule has 1 N–H and O–H groups in total. The number of ether oxygens (including phenoxy) is 1. The van der Waals surface area contributed by atoms with Gasteiger partial charge in [-0.1, -0.05) is 43.6 Å². The molecule has 1 aromatic carbocycles. The van der Waals surface area contributed by atoms with Gasteiger partial charge >= 0.3 is 0 Å². The van der Waals surface area contributed by atoms with Crippen molar-refractivity contribution < 1.29 is 4.74 Å². The van der Waals surface area contributed by atoms with Gasteiger partial charge in [0.15, 0.2) is 0 Å². The van der Waals surface area contributed by atoms with Crippen molar-refractivity contribution in [2.24, 2.45) is 5.41 Å². The van der Waals surface area contributed by atoms with Crippen molar-refractivity contribution in [1.82, 2.24) is 5.32 Å². The van der Waals surface area contributed by atoms with Gasteiger partial charge in [0.25, 0.3) is 0 Å². The van der Waals surface area contributed by atoms with E-state index < -0.39 is 0 Å². The molecule has 1 fully saturated rings. The van der Waals surface area contributed by atoms with E-state index in [0.29, 0.717) is 18.1 Å². The average Bonchev–Trinajstić information content (AvgIpc) is 2.35. The molecule has 0 heterocycles. The number of nitrogens with one attached hydrogen (secondary N) is 1. The fourth-order valence-corrected chi connectivity index (χ4v) is 3.19. The molecule has 0 spiro atoms. The summed E-state index contributed by atoms with van der Waals surface area (Å²) in [7, 11) is 2.03. The number of rotatable bonds is 4. The minimum atomic E-state index is 0.191. The molecule has 2 nitrogen and oxygen atoms in total. The molecule has 0 aliphatic heterocycles. The predicted molar refractivity (Wildman–Crippen MR) is 83.9 cm³/mol. The highest BCUT2D eigenvalue weighted by atomic mass is 79.9. The van der Waals surface area contributed by atoms with Crippen molar-refractivity contribution in [3.05, 3.63) is 28.2 Å². The van der Waals surface area contributed by atoms with Gasteiger partial charge in [0, 0.05) is 22.4 Å². The highest BCUT2D eigenvalue weighted by Crippen LogP contribution is 2.44. The van der Waals surface area contributed by atoms with Crippen LogP contribution < -0.4 is 10.1 Å². The zero-order chi connectivity index (χ0) is 14.2. The zero-order valence-electron chi connectivity index (χ0n) is 12.5. The van der Waals surface area contributed by atoms with E-state index >= 15 is 0 Å². The van der Waals surface area contributed by atoms with Crippen LogP contribution in [0.4, 0.5) is 0 Å². The second-order valence-corrected chi connectivity index (χ2v) is 7.26. The first-order chi connectivity index (χ1) is 8.86. The molecule has 2 atom stereocenters. The summed E-state index contributed by atoms with van der Waals surface area (Å²) < 4.78 is 7.40. The standard InChI is InChI=1S/C16H24BrNO/c1-10(2)12-8-11(17)6-7-13(12)19-15-9-14(18-5)16(15,3)4/h6-8,10,14-15,18H,9H2,1-5H3. The van der Waals surface area contributed by atoms with Crippen LogP contribution in [0.1, 0.15) is 45.6 Å². The van der Waals surface area contributed by atoms with Gasteiger partial charge in [-0.05, 0) is 36.7 Å². The Morgan fingerprint density at radius 1 is 1.37 bits per heavy atom. The molecule has 19 heavy (non-hydrogen) atoms. The summed E-state index contributed by atoms with van der Waals surface area (Å²) in [5.74, 6) is 1.50. The van der Waals surface area contributed by atoms with Gasteiger partial charge in [-0.3, -0.25) is 0 Å². The van der Waals surface area contributed by atoms with E-state index in [-0.39, 0.29) is 5.41 Å². The molecule has 3 heteroatoms. The molecule has 0 saturated heterocycles. The van der Waals surface area contributed by atoms with Crippen molar-refractivity contribution in [2.75, 3.05) is 7.05 Å². The summed E-state index contributed by atoms with van der Waals surface area (Å²) in [6.45, 7) is 8.96. The highest BCUT2D eigenvalue weighted by molar-refractivity contribution is 9.10. The van der Waals surface area contributed by atoms with Gasteiger partial charge in [0.1, 0.15) is 11.9 Å². The Hall–Kier alpha value is -0.540. The molecule has 2 unspecified atom stereocenters. The summed E-state index contributed by atoms with van der Waals surface area (Å²) in [5, 5.41) is 3.37. The van der Waals surface area contributed by atoms with Crippen LogP contribution in [0.5, 0.6) is 5.75 Å². The third-order valence-corrected chi connectivity index (χ3v) is 4.88. The van der Waals surface area contributed by atoms with Crippen molar-refractivity contribution in [3.8, 4) is 5.75 Å². The lowest BCUT2D eigenvalue weighted by Crippen LogP contribution is -2.61. The third kappa shape index (κ3) is 2.82. The van der Waals surface area contributed by atoms with Crippen LogP contribution >= 0.6 is 15.9 Å². The second-order valence-electron chi connectivity index (χ2n) is 6.34. The summed E-state index contributed by atoms with van der Waals surface area (Å²) in [5.41, 5.74) is 1.47. The Morgan fingerprint density at radius 2 is 2.05 bits per heavy atom. The van der Waals surface area contributed by atoms with Gasteiger partial charge < -0.3 is 10.1 Å². The van der Waals surface area contributed by atoms with Crippen molar-refractivity contribution in [3.63, 3.8) is 0 Å². The van der Waals surface area contributed by atoms with E-state index in [4.69, 9.17) is 4.74 Å². The zero-order valence-corrected chi connectivity index (χ0v) is 14.0. The van der Waals surface area contributed by atoms with Crippen LogP contribution in [0.2, 0.25) is 0 Å². The maximum Gasteiger partial charge on any atom is 0.123 e. The van der Waals surface area contributed by atoms with Gasteiger partial charge in [0.2, 0.25) is 0 Å². The maximum absolute atomic E-state index is 6.28. The van der Waals surface area contributed by atoms with Crippen molar-refractivity contribution in [1.29, 1.82) is 0 Å². The van der Waals surface area contributed by atoms with E-state index in [1.54, 1.807) is 0 Å². The Balaban J connectivity index is 2.17. The molecule has 2 rings (SSSR count). The molecule has 0 radical (unpaired) electrons. The first kappa shape index (κ1) is 14.9. The van der Waals surface area contributed by atoms with Crippen LogP contribution in [0.3, 0.4) is 0 Å². The Labute approximate surface area is 125 Å². The Bertz CT molecular complexity index is 456. The Morgan fingerprint density at radius 3 is 2.58 bits per heavy atom. The smallest absolute Gasteiger partial charge is 0.123 e. The first-order valence-electron chi connectivity index (χ1n) is 6.99. The molecular formula is C16H24BrNO. The van der Waals surface area contributed by atoms with E-state index in [0.717, 1.165) is 16.6 Å². The molecule has 0 aromatic heterocycles. The summed E-state index contributed by atoms with van der Waals surface area (Å²) in [6, 6.07) is 6.86. The van der Waals surface area contributed by atoms with Crippen LogP contribution in [-0.2, 0) is 0 Å². The van der Waals surface area contributed by atoms with Crippen molar-refractivity contribution in [2.45, 2.75) is 52.2 Å². The lowest BCUT2D eigenvalue weighted by molar-refractivity contribution is -0.0526. The normalized spacial score (nSPS) is 25.2. The average molecular weight is 326 g/mol. The lowest BCUT2D eigenvalue weighted by atomic mass is 9.64. The molecule has 1 saturated carbocycles. The molecular weight excluding hydrogens is 302 g/mol. The molecule has 0 bridgehead atoms. The van der Waals surface area contributed by atoms with Gasteiger partial charge in [-0.2, -0.15) is 0 Å². The number of benzene rings is 1. The Kier molecular flexibility index (Phi) is 4.26. The van der Waals surface area contributed by atoms with E-state index in [2.05, 4.69) is 67.1 Å². The lowest BCUT2D eigenvalue weighted by Gasteiger charge is -2.51. The number of halogens is 1. The van der Waals surface area contributed by atoms with Gasteiger partial charge in [-0.15, -0.1) is 0 Å². The SMILES string of the molecule is CNC1CC(Oc2ccc(Br)cc2C(C)C)C1(C)C. The fraction of sp³-hybridized carbons (Fsp3) is 0.625. The molecule has 1 aliphatic carbocycles. The summed E-state index contributed by atoms with van der Waals surface area (Å²) in [6.07, 6.45) is 1.38.